The summed E-state index contributed by atoms with van der Waals surface area (Å²) in [6.45, 7) is 14.8. The summed E-state index contributed by atoms with van der Waals surface area (Å²) in [7, 11) is 0. The first kappa shape index (κ1) is 45.2. The van der Waals surface area contributed by atoms with Crippen molar-refractivity contribution < 1.29 is 30.3 Å². The number of para-hydroxylation sites is 1. The van der Waals surface area contributed by atoms with Crippen molar-refractivity contribution in [2.45, 2.75) is 85.7 Å². The minimum absolute atomic E-state index is 0. The van der Waals surface area contributed by atoms with Gasteiger partial charge in [0.2, 0.25) is 0 Å². The molecule has 2 heterocycles. The molecule has 1 aliphatic rings. The number of phenolic OH excluding ortho intramolecular Hbond substituents is 1. The van der Waals surface area contributed by atoms with Crippen molar-refractivity contribution in [3.63, 3.8) is 0 Å². The molecule has 1 atom stereocenters. The van der Waals surface area contributed by atoms with Gasteiger partial charge in [-0.15, -0.1) is 29.4 Å². The van der Waals surface area contributed by atoms with E-state index < -0.39 is 13.0 Å². The van der Waals surface area contributed by atoms with Gasteiger partial charge in [-0.25, -0.2) is 0 Å². The third-order valence-corrected chi connectivity index (χ3v) is 13.8. The average Bonchev–Trinajstić information content (AvgIpc) is 3.79. The van der Waals surface area contributed by atoms with Crippen molar-refractivity contribution in [2.75, 3.05) is 4.90 Å². The first-order valence-corrected chi connectivity index (χ1v) is 24.4. The van der Waals surface area contributed by atoms with E-state index in [2.05, 4.69) is 169 Å². The zero-order chi connectivity index (χ0) is 51.3. The Hall–Kier alpha value is -7.00. The number of rotatable bonds is 10. The number of hydrogen-bond donors (Lipinski definition) is 1. The van der Waals surface area contributed by atoms with Gasteiger partial charge in [-0.05, 0) is 123 Å². The monoisotopic (exact) mass is 1110 g/mol. The molecule has 1 aromatic heterocycles. The summed E-state index contributed by atoms with van der Waals surface area (Å²) in [5.74, 6) is 0.349. The first-order valence-electron chi connectivity index (χ1n) is 25.9. The molecule has 0 aliphatic carbocycles. The van der Waals surface area contributed by atoms with Gasteiger partial charge in [0.05, 0.1) is 0 Å². The Labute approximate surface area is 440 Å². The largest absolute Gasteiger partial charge is 2.00 e. The molecule has 5 heteroatoms. The van der Waals surface area contributed by atoms with Crippen LogP contribution >= 0.6 is 0 Å². The van der Waals surface area contributed by atoms with Crippen LogP contribution in [0.15, 0.2) is 182 Å². The molecule has 1 aliphatic heterocycles. The van der Waals surface area contributed by atoms with Gasteiger partial charge in [0.1, 0.15) is 5.75 Å². The van der Waals surface area contributed by atoms with E-state index in [1.807, 2.05) is 79.0 Å². The van der Waals surface area contributed by atoms with E-state index in [1.54, 1.807) is 0 Å². The normalized spacial score (nSPS) is 14.1. The Bertz CT molecular complexity index is 3470. The number of hydrogen-bond acceptors (Lipinski definition) is 3. The molecular weight excluding hydrogens is 1050 g/mol. The van der Waals surface area contributed by atoms with Gasteiger partial charge in [-0.2, -0.15) is 0 Å². The predicted molar refractivity (Wildman–Crippen MR) is 294 cm³/mol. The maximum atomic E-state index is 12.6. The fourth-order valence-corrected chi connectivity index (χ4v) is 9.71. The Morgan fingerprint density at radius 2 is 1.25 bits per heavy atom. The summed E-state index contributed by atoms with van der Waals surface area (Å²) >= 11 is 0. The van der Waals surface area contributed by atoms with Crippen LogP contribution in [-0.2, 0) is 26.5 Å². The standard InChI is InChI=1S/C66H61N3O.Pt/c1-41(2)50-37-56(42(3)4)64(70)59(38-50)65-68-63-55(52-34-51(45-17-12-10-13-18-45)35-53(36-52)60-39-49(31-32-67-60)46-25-23-43(5)24-26-46)21-16-22-61(63)69(65)62-33-44(6)57(47-19-14-11-15-20-47)40-58(62)48-27-29-54(30-28-48)66(7,8)9;/h10-35,37-42,65,70H,1-9H3;/q-2;+2/i6D3;. The van der Waals surface area contributed by atoms with E-state index in [0.717, 1.165) is 78.1 Å². The van der Waals surface area contributed by atoms with E-state index in [4.69, 9.17) is 14.4 Å². The molecule has 4 nitrogen and oxygen atoms in total. The van der Waals surface area contributed by atoms with E-state index >= 15 is 0 Å². The van der Waals surface area contributed by atoms with Crippen LogP contribution in [0.1, 0.15) is 104 Å². The van der Waals surface area contributed by atoms with Gasteiger partial charge in [-0.1, -0.05) is 210 Å². The number of phenols is 1. The minimum Gasteiger partial charge on any atom is -0.665 e. The maximum absolute atomic E-state index is 12.6. The molecule has 356 valence electrons. The molecule has 10 rings (SSSR count). The minimum atomic E-state index is -2.48. The Morgan fingerprint density at radius 1 is 0.606 bits per heavy atom. The van der Waals surface area contributed by atoms with E-state index in [-0.39, 0.29) is 49.6 Å². The van der Waals surface area contributed by atoms with Crippen molar-refractivity contribution >= 4 is 17.1 Å². The third kappa shape index (κ3) is 9.76. The second kappa shape index (κ2) is 20.0. The van der Waals surface area contributed by atoms with Crippen LogP contribution in [0.3, 0.4) is 0 Å². The van der Waals surface area contributed by atoms with Gasteiger partial charge in [0, 0.05) is 32.9 Å². The van der Waals surface area contributed by atoms with Crippen molar-refractivity contribution in [2.24, 2.45) is 0 Å². The Kier molecular flexibility index (Phi) is 12.7. The SMILES string of the molecule is [2H]C([2H])([2H])c1cc(N2c3cccc(-c4[c-]c(-c5cc(-c6ccc(C)cc6)ccn5)cc(-c5ccccc5)c4)c3[N-]C2c2cc(C(C)C)cc(C(C)C)c2O)c(-c2ccc(C(C)(C)C)cc2)cc1-c1ccccc1.[Pt+2]. The molecule has 0 spiro atoms. The van der Waals surface area contributed by atoms with Gasteiger partial charge in [0.25, 0.3) is 0 Å². The van der Waals surface area contributed by atoms with Gasteiger partial charge in [0.15, 0.2) is 0 Å². The quantitative estimate of drug-likeness (QED) is 0.139. The zero-order valence-corrected chi connectivity index (χ0v) is 43.9. The molecule has 0 saturated carbocycles. The number of anilines is 2. The summed E-state index contributed by atoms with van der Waals surface area (Å²) in [6, 6.07) is 63.9. The van der Waals surface area contributed by atoms with Crippen LogP contribution in [0.4, 0.5) is 17.1 Å². The molecule has 0 saturated heterocycles. The molecule has 71 heavy (non-hydrogen) atoms. The van der Waals surface area contributed by atoms with Crippen LogP contribution in [0.2, 0.25) is 0 Å². The third-order valence-electron chi connectivity index (χ3n) is 13.8. The number of nitrogens with zero attached hydrogens (tertiary/aromatic N) is 3. The Morgan fingerprint density at radius 3 is 1.92 bits per heavy atom. The number of aromatic nitrogens is 1. The van der Waals surface area contributed by atoms with E-state index in [9.17, 15) is 5.11 Å². The summed E-state index contributed by atoms with van der Waals surface area (Å²) in [5.41, 5.74) is 17.9. The van der Waals surface area contributed by atoms with Crippen LogP contribution in [0.5, 0.6) is 5.75 Å². The van der Waals surface area contributed by atoms with Crippen LogP contribution in [0, 0.1) is 19.8 Å². The topological polar surface area (TPSA) is 50.5 Å². The van der Waals surface area contributed by atoms with Crippen molar-refractivity contribution in [1.82, 2.24) is 4.98 Å². The molecule has 0 bridgehead atoms. The number of aryl methyl sites for hydroxylation is 2. The number of benzene rings is 8. The van der Waals surface area contributed by atoms with Gasteiger partial charge < -0.3 is 15.3 Å². The molecule has 8 aromatic carbocycles. The predicted octanol–water partition coefficient (Wildman–Crippen LogP) is 18.6. The van der Waals surface area contributed by atoms with E-state index in [0.29, 0.717) is 22.5 Å². The summed E-state index contributed by atoms with van der Waals surface area (Å²) in [5, 5.41) is 18.3. The molecular formula is C66H61N3OPt. The van der Waals surface area contributed by atoms with Crippen molar-refractivity contribution in [3.05, 3.63) is 227 Å². The summed E-state index contributed by atoms with van der Waals surface area (Å²) in [6.07, 6.45) is 1.07. The number of aromatic hydroxyl groups is 1. The van der Waals surface area contributed by atoms with Crippen molar-refractivity contribution in [3.8, 4) is 72.6 Å². The molecule has 1 N–H and O–H groups in total. The first-order chi connectivity index (χ1) is 34.9. The number of fused-ring (bicyclic) bond motifs is 1. The fraction of sp³-hybridized carbons (Fsp3) is 0.197. The smallest absolute Gasteiger partial charge is 0.665 e. The van der Waals surface area contributed by atoms with Gasteiger partial charge in [-0.3, -0.25) is 4.98 Å². The van der Waals surface area contributed by atoms with Crippen LogP contribution < -0.4 is 4.90 Å². The summed E-state index contributed by atoms with van der Waals surface area (Å²) in [4.78, 5) is 7.09. The van der Waals surface area contributed by atoms with Gasteiger partial charge >= 0.3 is 21.1 Å². The van der Waals surface area contributed by atoms with Crippen molar-refractivity contribution in [1.29, 1.82) is 0 Å². The zero-order valence-electron chi connectivity index (χ0n) is 44.7. The van der Waals surface area contributed by atoms with Crippen LogP contribution in [0.25, 0.3) is 72.2 Å². The molecule has 9 aromatic rings. The Balaban J connectivity index is 0.00000672. The maximum Gasteiger partial charge on any atom is 2.00 e. The fourth-order valence-electron chi connectivity index (χ4n) is 9.71. The second-order valence-corrected chi connectivity index (χ2v) is 20.4. The molecule has 1 unspecified atom stereocenters. The van der Waals surface area contributed by atoms with E-state index in [1.165, 1.54) is 11.1 Å². The average molecular weight is 1110 g/mol. The summed E-state index contributed by atoms with van der Waals surface area (Å²) < 4.78 is 27.3. The molecule has 0 radical (unpaired) electrons. The van der Waals surface area contributed by atoms with Crippen LogP contribution in [-0.4, -0.2) is 10.1 Å². The number of pyridine rings is 1. The second-order valence-electron chi connectivity index (χ2n) is 20.4. The molecule has 0 amide bonds. The molecule has 0 fully saturated rings.